The quantitative estimate of drug-likeness (QED) is 0.595. The number of hydrogen-bond donors (Lipinski definition) is 2. The Bertz CT molecular complexity index is 598. The van der Waals surface area contributed by atoms with Crippen LogP contribution in [0.4, 0.5) is 5.69 Å². The summed E-state index contributed by atoms with van der Waals surface area (Å²) in [7, 11) is 1.73. The van der Waals surface area contributed by atoms with E-state index in [4.69, 9.17) is 27.9 Å². The summed E-state index contributed by atoms with van der Waals surface area (Å²) in [5, 5.41) is 7.65. The molecule has 2 rings (SSSR count). The number of piperazine rings is 1. The van der Waals surface area contributed by atoms with Gasteiger partial charge in [0.05, 0.1) is 10.0 Å². The van der Waals surface area contributed by atoms with E-state index in [1.165, 1.54) is 0 Å². The zero-order valence-electron chi connectivity index (χ0n) is 14.1. The topological polar surface area (TPSA) is 48.9 Å². The van der Waals surface area contributed by atoms with Crippen LogP contribution in [0.5, 0.6) is 0 Å². The van der Waals surface area contributed by atoms with Crippen molar-refractivity contribution < 1.29 is 4.74 Å². The summed E-state index contributed by atoms with van der Waals surface area (Å²) in [6, 6.07) is 5.42. The molecular weight excluding hydrogens is 347 g/mol. The van der Waals surface area contributed by atoms with Crippen LogP contribution in [0.25, 0.3) is 0 Å². The molecule has 0 atom stereocenters. The summed E-state index contributed by atoms with van der Waals surface area (Å²) in [6.45, 7) is 7.71. The maximum atomic E-state index is 6.02. The van der Waals surface area contributed by atoms with E-state index in [9.17, 15) is 0 Å². The Labute approximate surface area is 153 Å². The number of anilines is 1. The van der Waals surface area contributed by atoms with Gasteiger partial charge >= 0.3 is 0 Å². The summed E-state index contributed by atoms with van der Waals surface area (Å²) in [4.78, 5) is 6.57. The highest BCUT2D eigenvalue weighted by Gasteiger charge is 2.09. The van der Waals surface area contributed by atoms with Gasteiger partial charge in [0.1, 0.15) is 6.61 Å². The Hall–Kier alpha value is -1.27. The van der Waals surface area contributed by atoms with E-state index in [1.807, 2.05) is 19.1 Å². The van der Waals surface area contributed by atoms with Crippen LogP contribution < -0.4 is 10.6 Å². The van der Waals surface area contributed by atoms with Crippen LogP contribution in [0.3, 0.4) is 0 Å². The highest BCUT2D eigenvalue weighted by molar-refractivity contribution is 6.42. The van der Waals surface area contributed by atoms with Crippen LogP contribution in [0.15, 0.2) is 35.0 Å². The lowest BCUT2D eigenvalue weighted by molar-refractivity contribution is 0.186. The molecule has 0 aromatic heterocycles. The smallest absolute Gasteiger partial charge is 0.210 e. The van der Waals surface area contributed by atoms with E-state index in [2.05, 4.69) is 20.5 Å². The average Bonchev–Trinajstić information content (AvgIpc) is 2.58. The number of aliphatic imine (C=N–C) groups is 1. The first-order valence-electron chi connectivity index (χ1n) is 8.01. The van der Waals surface area contributed by atoms with Crippen LogP contribution in [-0.2, 0) is 4.74 Å². The lowest BCUT2D eigenvalue weighted by Crippen LogP contribution is -2.44. The van der Waals surface area contributed by atoms with Crippen LogP contribution in [0.2, 0.25) is 10.0 Å². The molecule has 1 aromatic carbocycles. The van der Waals surface area contributed by atoms with Crippen molar-refractivity contribution in [3.63, 3.8) is 0 Å². The van der Waals surface area contributed by atoms with E-state index in [0.29, 0.717) is 22.5 Å². The third-order valence-corrected chi connectivity index (χ3v) is 4.43. The highest BCUT2D eigenvalue weighted by atomic mass is 35.5. The predicted molar refractivity (Wildman–Crippen MR) is 102 cm³/mol. The number of halogens is 2. The number of benzene rings is 1. The highest BCUT2D eigenvalue weighted by Crippen LogP contribution is 2.25. The number of ether oxygens (including phenoxy) is 1. The Balaban J connectivity index is 1.83. The molecule has 1 aliphatic heterocycles. The van der Waals surface area contributed by atoms with Crippen molar-refractivity contribution in [2.45, 2.75) is 6.92 Å². The van der Waals surface area contributed by atoms with Gasteiger partial charge in [0.25, 0.3) is 0 Å². The Morgan fingerprint density at radius 2 is 2.08 bits per heavy atom. The molecule has 7 heteroatoms. The van der Waals surface area contributed by atoms with Gasteiger partial charge in [-0.15, -0.1) is 0 Å². The molecule has 24 heavy (non-hydrogen) atoms. The first-order chi connectivity index (χ1) is 11.6. The van der Waals surface area contributed by atoms with Crippen molar-refractivity contribution in [3.8, 4) is 0 Å². The van der Waals surface area contributed by atoms with E-state index in [1.54, 1.807) is 19.2 Å². The van der Waals surface area contributed by atoms with E-state index < -0.39 is 0 Å². The van der Waals surface area contributed by atoms with Crippen molar-refractivity contribution in [2.24, 2.45) is 4.99 Å². The monoisotopic (exact) mass is 370 g/mol. The lowest BCUT2D eigenvalue weighted by Gasteiger charge is -2.26. The summed E-state index contributed by atoms with van der Waals surface area (Å²) < 4.78 is 5.77. The largest absolute Gasteiger partial charge is 0.477 e. The number of nitrogens with zero attached hydrogens (tertiary/aromatic N) is 2. The third-order valence-electron chi connectivity index (χ3n) is 3.69. The van der Waals surface area contributed by atoms with Crippen molar-refractivity contribution in [2.75, 3.05) is 51.7 Å². The summed E-state index contributed by atoms with van der Waals surface area (Å²) in [5.74, 6) is 0.607. The molecule has 1 saturated heterocycles. The molecule has 5 nitrogen and oxygen atoms in total. The molecule has 0 aliphatic carbocycles. The number of nitrogens with one attached hydrogen (secondary N) is 2. The van der Waals surface area contributed by atoms with Crippen LogP contribution in [-0.4, -0.2) is 57.2 Å². The minimum atomic E-state index is 0.520. The first-order valence-corrected chi connectivity index (χ1v) is 8.77. The second kappa shape index (κ2) is 9.89. The fourth-order valence-electron chi connectivity index (χ4n) is 2.41. The fraction of sp³-hybridized carbons (Fsp3) is 0.471. The van der Waals surface area contributed by atoms with Crippen molar-refractivity contribution in [3.05, 3.63) is 40.0 Å². The van der Waals surface area contributed by atoms with Gasteiger partial charge < -0.3 is 15.4 Å². The molecule has 1 heterocycles. The van der Waals surface area contributed by atoms with Crippen molar-refractivity contribution in [1.82, 2.24) is 10.2 Å². The summed E-state index contributed by atoms with van der Waals surface area (Å²) in [5.41, 5.74) is 1.78. The van der Waals surface area contributed by atoms with Gasteiger partial charge in [-0.25, -0.2) is 0 Å². The zero-order chi connectivity index (χ0) is 17.4. The lowest BCUT2D eigenvalue weighted by atomic mass is 10.3. The minimum absolute atomic E-state index is 0.520. The van der Waals surface area contributed by atoms with Gasteiger partial charge in [0.15, 0.2) is 0 Å². The molecule has 0 unspecified atom stereocenters. The molecule has 1 aliphatic rings. The molecular formula is C17H24Cl2N4O. The van der Waals surface area contributed by atoms with Gasteiger partial charge in [-0.1, -0.05) is 23.2 Å². The first kappa shape index (κ1) is 19.1. The molecule has 132 valence electrons. The third kappa shape index (κ3) is 6.32. The summed E-state index contributed by atoms with van der Waals surface area (Å²) in [6.07, 6.45) is 1.88. The molecule has 0 saturated carbocycles. The number of hydrogen-bond acceptors (Lipinski definition) is 5. The van der Waals surface area contributed by atoms with Crippen LogP contribution >= 0.6 is 23.2 Å². The number of allylic oxidation sites excluding steroid dienone is 1. The molecule has 1 fully saturated rings. The van der Waals surface area contributed by atoms with Gasteiger partial charge in [-0.2, -0.15) is 0 Å². The Morgan fingerprint density at radius 3 is 2.75 bits per heavy atom. The van der Waals surface area contributed by atoms with Gasteiger partial charge in [0, 0.05) is 57.2 Å². The van der Waals surface area contributed by atoms with Gasteiger partial charge in [0.2, 0.25) is 5.90 Å². The minimum Gasteiger partial charge on any atom is -0.477 e. The van der Waals surface area contributed by atoms with E-state index in [-0.39, 0.29) is 0 Å². The molecule has 0 radical (unpaired) electrons. The number of rotatable bonds is 6. The van der Waals surface area contributed by atoms with Crippen LogP contribution in [0, 0.1) is 0 Å². The zero-order valence-corrected chi connectivity index (χ0v) is 15.6. The molecule has 1 aromatic rings. The van der Waals surface area contributed by atoms with E-state index >= 15 is 0 Å². The van der Waals surface area contributed by atoms with E-state index in [0.717, 1.165) is 44.1 Å². The molecule has 0 spiro atoms. The van der Waals surface area contributed by atoms with Crippen molar-refractivity contribution >= 4 is 34.8 Å². The maximum absolute atomic E-state index is 6.02. The second-order valence-electron chi connectivity index (χ2n) is 5.58. The normalized spacial score (nSPS) is 17.0. The SMILES string of the molecule is C/N=C(\C=C(\C)Nc1ccc(Cl)c(Cl)c1)OCCN1CCNCC1. The Kier molecular flexibility index (Phi) is 7.85. The van der Waals surface area contributed by atoms with Crippen LogP contribution in [0.1, 0.15) is 6.92 Å². The molecule has 0 bridgehead atoms. The predicted octanol–water partition coefficient (Wildman–Crippen LogP) is 3.26. The molecule has 2 N–H and O–H groups in total. The second-order valence-corrected chi connectivity index (χ2v) is 6.40. The average molecular weight is 371 g/mol. The van der Waals surface area contributed by atoms with Gasteiger partial charge in [-0.3, -0.25) is 9.89 Å². The molecule has 0 amide bonds. The van der Waals surface area contributed by atoms with Gasteiger partial charge in [-0.05, 0) is 25.1 Å². The standard InChI is InChI=1S/C17H24Cl2N4O/c1-13(22-14-3-4-15(18)16(19)12-14)11-17(20-2)24-10-9-23-7-5-21-6-8-23/h3-4,11-12,21-22H,5-10H2,1-2H3/b13-11-,20-17+. The maximum Gasteiger partial charge on any atom is 0.210 e. The fourth-order valence-corrected chi connectivity index (χ4v) is 2.71. The van der Waals surface area contributed by atoms with Crippen molar-refractivity contribution in [1.29, 1.82) is 0 Å². The Morgan fingerprint density at radius 1 is 1.33 bits per heavy atom. The summed E-state index contributed by atoms with van der Waals surface area (Å²) >= 11 is 11.9.